The van der Waals surface area contributed by atoms with Gasteiger partial charge in [-0.3, -0.25) is 19.4 Å². The number of Topliss-reactive ketones (excluding diaryl/α,β-unsaturated/α-hetero) is 2. The number of pyridine rings is 1. The van der Waals surface area contributed by atoms with Gasteiger partial charge in [-0.25, -0.2) is 0 Å². The minimum absolute atomic E-state index is 0.000819. The third-order valence-electron chi connectivity index (χ3n) is 3.34. The molecule has 0 atom stereocenters. The van der Waals surface area contributed by atoms with E-state index in [1.807, 2.05) is 0 Å². The van der Waals surface area contributed by atoms with Crippen LogP contribution >= 0.6 is 0 Å². The molecule has 0 saturated carbocycles. The Morgan fingerprint density at radius 2 is 2.13 bits per heavy atom. The van der Waals surface area contributed by atoms with E-state index in [0.29, 0.717) is 0 Å². The van der Waals surface area contributed by atoms with Gasteiger partial charge in [0, 0.05) is 26.9 Å². The molecular weight excluding hydrogens is 302 g/mol. The van der Waals surface area contributed by atoms with E-state index in [0.717, 1.165) is 4.90 Å². The topological polar surface area (TPSA) is 109 Å². The number of carbonyl (C=O) groups excluding carboxylic acids is 3. The molecule has 1 amide bonds. The molecule has 0 unspecified atom stereocenters. The van der Waals surface area contributed by atoms with Crippen molar-refractivity contribution in [1.82, 2.24) is 15.2 Å². The van der Waals surface area contributed by atoms with Crippen molar-refractivity contribution in [2.24, 2.45) is 0 Å². The molecule has 8 heteroatoms. The average Bonchev–Trinajstić information content (AvgIpc) is 2.56. The van der Waals surface area contributed by atoms with E-state index >= 15 is 0 Å². The second-order valence-corrected chi connectivity index (χ2v) is 4.82. The number of ketones is 2. The number of methoxy groups -OCH3 is 1. The van der Waals surface area contributed by atoms with Gasteiger partial charge in [0.1, 0.15) is 23.7 Å². The Labute approximate surface area is 132 Å². The summed E-state index contributed by atoms with van der Waals surface area (Å²) in [4.78, 5) is 42.3. The number of hydrogen-bond acceptors (Lipinski definition) is 7. The van der Waals surface area contributed by atoms with Crippen LogP contribution < -0.4 is 5.32 Å². The van der Waals surface area contributed by atoms with Crippen LogP contribution in [0, 0.1) is 0 Å². The number of amides is 1. The molecule has 1 heterocycles. The molecule has 0 spiro atoms. The molecule has 2 rings (SSSR count). The molecule has 8 nitrogen and oxygen atoms in total. The Kier molecular flexibility index (Phi) is 5.20. The molecule has 0 aromatic carbocycles. The van der Waals surface area contributed by atoms with Crippen molar-refractivity contribution >= 4 is 17.5 Å². The van der Waals surface area contributed by atoms with Crippen LogP contribution in [0.1, 0.15) is 20.8 Å². The van der Waals surface area contributed by atoms with Gasteiger partial charge >= 0.3 is 0 Å². The molecule has 2 N–H and O–H groups in total. The van der Waals surface area contributed by atoms with Crippen LogP contribution in [0.3, 0.4) is 0 Å². The number of aliphatic hydroxyl groups is 1. The van der Waals surface area contributed by atoms with Gasteiger partial charge in [0.15, 0.2) is 0 Å². The highest BCUT2D eigenvalue weighted by atomic mass is 16.5. The molecular formula is C15H17N3O5. The van der Waals surface area contributed by atoms with Crippen molar-refractivity contribution < 1.29 is 24.2 Å². The van der Waals surface area contributed by atoms with Crippen molar-refractivity contribution in [1.29, 1.82) is 0 Å². The Hall–Kier alpha value is -2.58. The van der Waals surface area contributed by atoms with Crippen molar-refractivity contribution in [3.05, 3.63) is 41.0 Å². The number of aliphatic hydroxyl groups excluding tert-OH is 1. The Balaban J connectivity index is 2.53. The van der Waals surface area contributed by atoms with Gasteiger partial charge in [0.05, 0.1) is 12.2 Å². The summed E-state index contributed by atoms with van der Waals surface area (Å²) in [6.07, 6.45) is 1.41. The molecule has 1 aromatic heterocycles. The number of nitrogens with zero attached hydrogens (tertiary/aromatic N) is 2. The first kappa shape index (κ1) is 16.8. The van der Waals surface area contributed by atoms with Gasteiger partial charge in [0.25, 0.3) is 5.91 Å². The quantitative estimate of drug-likeness (QED) is 0.718. The largest absolute Gasteiger partial charge is 0.395 e. The molecule has 0 bridgehead atoms. The van der Waals surface area contributed by atoms with E-state index < -0.39 is 17.5 Å². The zero-order valence-corrected chi connectivity index (χ0v) is 12.8. The maximum atomic E-state index is 12.7. The predicted molar refractivity (Wildman–Crippen MR) is 79.7 cm³/mol. The molecule has 1 aromatic rings. The molecule has 0 aliphatic heterocycles. The molecule has 23 heavy (non-hydrogen) atoms. The number of rotatable bonds is 6. The van der Waals surface area contributed by atoms with Crippen LogP contribution in [0.2, 0.25) is 0 Å². The summed E-state index contributed by atoms with van der Waals surface area (Å²) in [5, 5.41) is 11.7. The van der Waals surface area contributed by atoms with Crippen LogP contribution in [0.5, 0.6) is 0 Å². The van der Waals surface area contributed by atoms with Crippen LogP contribution in [-0.2, 0) is 9.53 Å². The fourth-order valence-electron chi connectivity index (χ4n) is 2.25. The summed E-state index contributed by atoms with van der Waals surface area (Å²) in [6.45, 7) is -0.391. The molecule has 122 valence electrons. The predicted octanol–water partition coefficient (Wildman–Crippen LogP) is -0.641. The Morgan fingerprint density at radius 3 is 2.78 bits per heavy atom. The maximum Gasteiger partial charge on any atom is 0.252 e. The van der Waals surface area contributed by atoms with Crippen LogP contribution in [0.15, 0.2) is 29.7 Å². The van der Waals surface area contributed by atoms with Crippen molar-refractivity contribution in [3.63, 3.8) is 0 Å². The molecule has 1 aliphatic carbocycles. The van der Waals surface area contributed by atoms with Crippen molar-refractivity contribution in [2.45, 2.75) is 0 Å². The van der Waals surface area contributed by atoms with Gasteiger partial charge < -0.3 is 20.1 Å². The third-order valence-corrected chi connectivity index (χ3v) is 3.34. The third kappa shape index (κ3) is 3.13. The van der Waals surface area contributed by atoms with Crippen LogP contribution in [0.4, 0.5) is 0 Å². The lowest BCUT2D eigenvalue weighted by atomic mass is 9.93. The van der Waals surface area contributed by atoms with Crippen LogP contribution in [-0.4, -0.2) is 66.4 Å². The van der Waals surface area contributed by atoms with E-state index in [2.05, 4.69) is 10.3 Å². The molecule has 0 fully saturated rings. The van der Waals surface area contributed by atoms with Gasteiger partial charge in [-0.1, -0.05) is 0 Å². The summed E-state index contributed by atoms with van der Waals surface area (Å²) in [5.74, 6) is -1.47. The number of allylic oxidation sites excluding steroid dienone is 2. The lowest BCUT2D eigenvalue weighted by Gasteiger charge is -2.26. The first-order chi connectivity index (χ1) is 11.0. The lowest BCUT2D eigenvalue weighted by Crippen LogP contribution is -2.41. The van der Waals surface area contributed by atoms with Crippen molar-refractivity contribution in [2.75, 3.05) is 33.9 Å². The standard InChI is InChI=1S/C15H17N3O5/c1-18(10(20)8-23-2)13-12(17-6-7-19)14(21)9-4-3-5-16-11(9)15(13)22/h3-5,17,19H,6-8H2,1-2H3. The van der Waals surface area contributed by atoms with Crippen LogP contribution in [0.25, 0.3) is 0 Å². The van der Waals surface area contributed by atoms with Gasteiger partial charge in [-0.2, -0.15) is 0 Å². The highest BCUT2D eigenvalue weighted by molar-refractivity contribution is 6.26. The van der Waals surface area contributed by atoms with E-state index in [9.17, 15) is 14.4 Å². The second kappa shape index (κ2) is 7.12. The maximum absolute atomic E-state index is 12.7. The molecule has 1 aliphatic rings. The fourth-order valence-corrected chi connectivity index (χ4v) is 2.25. The summed E-state index contributed by atoms with van der Waals surface area (Å²) in [5.41, 5.74) is 0.0293. The van der Waals surface area contributed by atoms with E-state index in [4.69, 9.17) is 9.84 Å². The minimum Gasteiger partial charge on any atom is -0.395 e. The van der Waals surface area contributed by atoms with E-state index in [1.54, 1.807) is 6.07 Å². The van der Waals surface area contributed by atoms with Gasteiger partial charge in [-0.15, -0.1) is 0 Å². The number of ether oxygens (including phenoxy) is 1. The highest BCUT2D eigenvalue weighted by Crippen LogP contribution is 2.25. The minimum atomic E-state index is -0.535. The summed E-state index contributed by atoms with van der Waals surface area (Å²) in [7, 11) is 2.74. The van der Waals surface area contributed by atoms with E-state index in [1.165, 1.54) is 26.4 Å². The zero-order valence-electron chi connectivity index (χ0n) is 12.8. The monoisotopic (exact) mass is 319 g/mol. The highest BCUT2D eigenvalue weighted by Gasteiger charge is 2.36. The number of aromatic nitrogens is 1. The number of likely N-dealkylation sites (N-methyl/N-ethyl adjacent to an activating group) is 1. The first-order valence-corrected chi connectivity index (χ1v) is 6.91. The fraction of sp³-hybridized carbons (Fsp3) is 0.333. The SMILES string of the molecule is COCC(=O)N(C)C1=C(NCCO)C(=O)c2cccnc2C1=O. The first-order valence-electron chi connectivity index (χ1n) is 6.91. The van der Waals surface area contributed by atoms with Crippen molar-refractivity contribution in [3.8, 4) is 0 Å². The average molecular weight is 319 g/mol. The number of hydrogen-bond donors (Lipinski definition) is 2. The molecule has 0 radical (unpaired) electrons. The zero-order chi connectivity index (χ0) is 17.0. The Bertz CT molecular complexity index is 683. The molecule has 0 saturated heterocycles. The summed E-state index contributed by atoms with van der Waals surface area (Å²) < 4.78 is 4.78. The lowest BCUT2D eigenvalue weighted by molar-refractivity contribution is -0.131. The summed E-state index contributed by atoms with van der Waals surface area (Å²) >= 11 is 0. The van der Waals surface area contributed by atoms with Gasteiger partial charge in [-0.05, 0) is 12.1 Å². The second-order valence-electron chi connectivity index (χ2n) is 4.82. The number of carbonyl (C=O) groups is 3. The van der Waals surface area contributed by atoms with E-state index in [-0.39, 0.29) is 42.4 Å². The smallest absolute Gasteiger partial charge is 0.252 e. The Morgan fingerprint density at radius 1 is 1.39 bits per heavy atom. The number of nitrogens with one attached hydrogen (secondary N) is 1. The number of fused-ring (bicyclic) bond motifs is 1. The van der Waals surface area contributed by atoms with Gasteiger partial charge in [0.2, 0.25) is 11.6 Å². The normalized spacial score (nSPS) is 13.9. The summed E-state index contributed by atoms with van der Waals surface area (Å²) in [6, 6.07) is 3.05.